The van der Waals surface area contributed by atoms with Gasteiger partial charge in [0.15, 0.2) is 0 Å². The topological polar surface area (TPSA) is 92.4 Å². The molecule has 5 heteroatoms. The third-order valence-electron chi connectivity index (χ3n) is 2.76. The van der Waals surface area contributed by atoms with E-state index in [0.29, 0.717) is 5.69 Å². The lowest BCUT2D eigenvalue weighted by Gasteiger charge is -2.27. The van der Waals surface area contributed by atoms with Crippen LogP contribution in [0.25, 0.3) is 0 Å². The van der Waals surface area contributed by atoms with E-state index in [9.17, 15) is 9.59 Å². The average molecular weight is 264 g/mol. The summed E-state index contributed by atoms with van der Waals surface area (Å²) in [4.78, 5) is 23.0. The number of benzene rings is 1. The van der Waals surface area contributed by atoms with Crippen LogP contribution in [0.2, 0.25) is 0 Å². The monoisotopic (exact) mass is 264 g/mol. The first kappa shape index (κ1) is 15.0. The summed E-state index contributed by atoms with van der Waals surface area (Å²) >= 11 is 0. The lowest BCUT2D eigenvalue weighted by atomic mass is 9.86. The maximum atomic E-state index is 11.9. The molecule has 0 bridgehead atoms. The van der Waals surface area contributed by atoms with Gasteiger partial charge in [-0.05, 0) is 23.1 Å². The van der Waals surface area contributed by atoms with Crippen LogP contribution in [-0.4, -0.2) is 23.0 Å². The number of carboxylic acid groups (broad SMARTS) is 1. The normalized spacial score (nSPS) is 12.8. The molecule has 0 heterocycles. The van der Waals surface area contributed by atoms with E-state index >= 15 is 0 Å². The number of hydrogen-bond acceptors (Lipinski definition) is 3. The Hall–Kier alpha value is -2.04. The van der Waals surface area contributed by atoms with E-state index in [-0.39, 0.29) is 12.3 Å². The number of anilines is 1. The second-order valence-electron chi connectivity index (χ2n) is 5.62. The quantitative estimate of drug-likeness (QED) is 0.717. The number of carboxylic acids is 1. The SMILES string of the molecule is CC(C)(C)C(NC(=O)Cc1ccc(N)cc1)C(=O)O. The largest absolute Gasteiger partial charge is 0.480 e. The molecule has 0 aliphatic carbocycles. The fraction of sp³-hybridized carbons (Fsp3) is 0.429. The van der Waals surface area contributed by atoms with E-state index in [0.717, 1.165) is 5.56 Å². The molecule has 0 saturated carbocycles. The van der Waals surface area contributed by atoms with Crippen molar-refractivity contribution < 1.29 is 14.7 Å². The third kappa shape index (κ3) is 4.62. The molecule has 0 fully saturated rings. The summed E-state index contributed by atoms with van der Waals surface area (Å²) < 4.78 is 0. The van der Waals surface area contributed by atoms with Gasteiger partial charge in [0.05, 0.1) is 6.42 Å². The molecule has 104 valence electrons. The van der Waals surface area contributed by atoms with E-state index < -0.39 is 17.4 Å². The van der Waals surface area contributed by atoms with Gasteiger partial charge in [-0.25, -0.2) is 4.79 Å². The van der Waals surface area contributed by atoms with Crippen LogP contribution in [0, 0.1) is 5.41 Å². The number of nitrogens with one attached hydrogen (secondary N) is 1. The highest BCUT2D eigenvalue weighted by Gasteiger charge is 2.32. The van der Waals surface area contributed by atoms with E-state index in [1.807, 2.05) is 0 Å². The number of nitrogen functional groups attached to an aromatic ring is 1. The fourth-order valence-corrected chi connectivity index (χ4v) is 1.68. The summed E-state index contributed by atoms with van der Waals surface area (Å²) in [6.07, 6.45) is 0.139. The van der Waals surface area contributed by atoms with Crippen LogP contribution < -0.4 is 11.1 Å². The molecule has 0 radical (unpaired) electrons. The molecule has 1 aromatic carbocycles. The Morgan fingerprint density at radius 3 is 2.21 bits per heavy atom. The molecule has 1 rings (SSSR count). The summed E-state index contributed by atoms with van der Waals surface area (Å²) in [6.45, 7) is 5.32. The highest BCUT2D eigenvalue weighted by molar-refractivity contribution is 5.85. The van der Waals surface area contributed by atoms with Gasteiger partial charge < -0.3 is 16.2 Å². The standard InChI is InChI=1S/C14H20N2O3/c1-14(2,3)12(13(18)19)16-11(17)8-9-4-6-10(15)7-5-9/h4-7,12H,8,15H2,1-3H3,(H,16,17)(H,18,19). The Balaban J connectivity index is 2.68. The lowest BCUT2D eigenvalue weighted by Crippen LogP contribution is -2.49. The first-order valence-corrected chi connectivity index (χ1v) is 6.07. The molecule has 1 amide bonds. The number of aliphatic carboxylic acids is 1. The highest BCUT2D eigenvalue weighted by Crippen LogP contribution is 2.19. The maximum absolute atomic E-state index is 11.9. The second-order valence-corrected chi connectivity index (χ2v) is 5.62. The number of rotatable bonds is 4. The summed E-state index contributed by atoms with van der Waals surface area (Å²) in [5.74, 6) is -1.34. The van der Waals surface area contributed by atoms with Gasteiger partial charge in [-0.3, -0.25) is 4.79 Å². The Kier molecular flexibility index (Phi) is 4.53. The van der Waals surface area contributed by atoms with Crippen molar-refractivity contribution in [1.29, 1.82) is 0 Å². The number of nitrogens with two attached hydrogens (primary N) is 1. The molecular weight excluding hydrogens is 244 g/mol. The molecule has 0 saturated heterocycles. The van der Waals surface area contributed by atoms with Crippen LogP contribution in [0.3, 0.4) is 0 Å². The highest BCUT2D eigenvalue weighted by atomic mass is 16.4. The predicted octanol–water partition coefficient (Wildman–Crippen LogP) is 1.43. The van der Waals surface area contributed by atoms with Gasteiger partial charge in [0.2, 0.25) is 5.91 Å². The molecule has 0 aliphatic heterocycles. The van der Waals surface area contributed by atoms with Gasteiger partial charge in [-0.1, -0.05) is 32.9 Å². The smallest absolute Gasteiger partial charge is 0.326 e. The molecule has 1 unspecified atom stereocenters. The lowest BCUT2D eigenvalue weighted by molar-refractivity contribution is -0.144. The number of carbonyl (C=O) groups excluding carboxylic acids is 1. The first-order chi connectivity index (χ1) is 8.70. The fourth-order valence-electron chi connectivity index (χ4n) is 1.68. The van der Waals surface area contributed by atoms with Crippen LogP contribution >= 0.6 is 0 Å². The predicted molar refractivity (Wildman–Crippen MR) is 73.6 cm³/mol. The van der Waals surface area contributed by atoms with Crippen molar-refractivity contribution >= 4 is 17.6 Å². The Morgan fingerprint density at radius 2 is 1.79 bits per heavy atom. The number of hydrogen-bond donors (Lipinski definition) is 3. The van der Waals surface area contributed by atoms with Gasteiger partial charge in [-0.2, -0.15) is 0 Å². The molecule has 5 nitrogen and oxygen atoms in total. The summed E-state index contributed by atoms with van der Waals surface area (Å²) in [5, 5.41) is 11.7. The minimum atomic E-state index is -1.03. The Morgan fingerprint density at radius 1 is 1.26 bits per heavy atom. The summed E-state index contributed by atoms with van der Waals surface area (Å²) in [6, 6.07) is 6.01. The van der Waals surface area contributed by atoms with Crippen molar-refractivity contribution in [3.63, 3.8) is 0 Å². The van der Waals surface area contributed by atoms with Gasteiger partial charge >= 0.3 is 5.97 Å². The number of amides is 1. The van der Waals surface area contributed by atoms with Crippen LogP contribution in [0.5, 0.6) is 0 Å². The van der Waals surface area contributed by atoms with E-state index in [1.165, 1.54) is 0 Å². The van der Waals surface area contributed by atoms with Crippen molar-refractivity contribution in [2.45, 2.75) is 33.2 Å². The minimum Gasteiger partial charge on any atom is -0.480 e. The van der Waals surface area contributed by atoms with Crippen molar-refractivity contribution in [3.05, 3.63) is 29.8 Å². The third-order valence-corrected chi connectivity index (χ3v) is 2.76. The zero-order valence-corrected chi connectivity index (χ0v) is 11.4. The molecule has 0 spiro atoms. The van der Waals surface area contributed by atoms with Crippen molar-refractivity contribution in [1.82, 2.24) is 5.32 Å². The number of carbonyl (C=O) groups is 2. The molecule has 1 aromatic rings. The van der Waals surface area contributed by atoms with Crippen LogP contribution in [0.15, 0.2) is 24.3 Å². The van der Waals surface area contributed by atoms with Gasteiger partial charge in [0, 0.05) is 5.69 Å². The Bertz CT molecular complexity index is 461. The van der Waals surface area contributed by atoms with E-state index in [4.69, 9.17) is 10.8 Å². The van der Waals surface area contributed by atoms with Gasteiger partial charge in [0.1, 0.15) is 6.04 Å². The summed E-state index contributed by atoms with van der Waals surface area (Å²) in [7, 11) is 0. The van der Waals surface area contributed by atoms with Gasteiger partial charge in [0.25, 0.3) is 0 Å². The summed E-state index contributed by atoms with van der Waals surface area (Å²) in [5.41, 5.74) is 6.44. The van der Waals surface area contributed by atoms with Crippen molar-refractivity contribution in [2.75, 3.05) is 5.73 Å². The molecule has 1 atom stereocenters. The molecule has 19 heavy (non-hydrogen) atoms. The van der Waals surface area contributed by atoms with E-state index in [1.54, 1.807) is 45.0 Å². The molecule has 4 N–H and O–H groups in total. The average Bonchev–Trinajstić information content (AvgIpc) is 2.27. The second kappa shape index (κ2) is 5.73. The van der Waals surface area contributed by atoms with E-state index in [2.05, 4.69) is 5.32 Å². The molecule has 0 aromatic heterocycles. The maximum Gasteiger partial charge on any atom is 0.326 e. The molecule has 0 aliphatic rings. The van der Waals surface area contributed by atoms with Crippen LogP contribution in [0.4, 0.5) is 5.69 Å². The zero-order chi connectivity index (χ0) is 14.6. The molecular formula is C14H20N2O3. The van der Waals surface area contributed by atoms with Crippen LogP contribution in [0.1, 0.15) is 26.3 Å². The first-order valence-electron chi connectivity index (χ1n) is 6.07. The minimum absolute atomic E-state index is 0.139. The van der Waals surface area contributed by atoms with Crippen LogP contribution in [-0.2, 0) is 16.0 Å². The van der Waals surface area contributed by atoms with Gasteiger partial charge in [-0.15, -0.1) is 0 Å². The van der Waals surface area contributed by atoms with Crippen molar-refractivity contribution in [3.8, 4) is 0 Å². The Labute approximate surface area is 112 Å². The van der Waals surface area contributed by atoms with Crippen molar-refractivity contribution in [2.24, 2.45) is 5.41 Å². The zero-order valence-electron chi connectivity index (χ0n) is 11.4.